The minimum Gasteiger partial charge on any atom is -0.352 e. The van der Waals surface area contributed by atoms with E-state index in [1.54, 1.807) is 0 Å². The normalized spacial score (nSPS) is 12.6. The van der Waals surface area contributed by atoms with Gasteiger partial charge in [0.25, 0.3) is 0 Å². The lowest BCUT2D eigenvalue weighted by Crippen LogP contribution is -2.51. The van der Waals surface area contributed by atoms with E-state index in [2.05, 4.69) is 62.8 Å². The molecule has 4 amide bonds. The highest BCUT2D eigenvalue weighted by Gasteiger charge is 2.45. The van der Waals surface area contributed by atoms with Gasteiger partial charge in [0.05, 0.1) is 13.1 Å². The maximum atomic E-state index is 14.0. The Balaban J connectivity index is 0.000000241. The number of rotatable bonds is 14. The van der Waals surface area contributed by atoms with Gasteiger partial charge in [-0.3, -0.25) is 19.2 Å². The van der Waals surface area contributed by atoms with Crippen molar-refractivity contribution in [3.8, 4) is 0 Å². The van der Waals surface area contributed by atoms with Gasteiger partial charge in [0.2, 0.25) is 23.6 Å². The van der Waals surface area contributed by atoms with Crippen LogP contribution in [-0.4, -0.2) is 48.8 Å². The van der Waals surface area contributed by atoms with Gasteiger partial charge in [-0.15, -0.1) is 0 Å². The van der Waals surface area contributed by atoms with Gasteiger partial charge >= 0.3 is 0 Å². The predicted molar refractivity (Wildman–Crippen MR) is 259 cm³/mol. The molecule has 0 aliphatic rings. The molecular formula is C56H64N4O4. The van der Waals surface area contributed by atoms with Crippen molar-refractivity contribution in [2.45, 2.75) is 78.3 Å². The average molecular weight is 857 g/mol. The molecule has 4 N–H and O–H groups in total. The number of hydrogen-bond acceptors (Lipinski definition) is 4. The van der Waals surface area contributed by atoms with Crippen molar-refractivity contribution >= 4 is 23.6 Å². The van der Waals surface area contributed by atoms with E-state index in [0.29, 0.717) is 0 Å². The number of amides is 4. The topological polar surface area (TPSA) is 116 Å². The van der Waals surface area contributed by atoms with Gasteiger partial charge in [0, 0.05) is 12.1 Å². The lowest BCUT2D eigenvalue weighted by atomic mass is 9.68. The molecule has 0 heterocycles. The highest BCUT2D eigenvalue weighted by molar-refractivity contribution is 5.99. The molecule has 6 rings (SSSR count). The summed E-state index contributed by atoms with van der Waals surface area (Å²) in [5, 5.41) is 11.8. The largest absolute Gasteiger partial charge is 0.352 e. The Morgan fingerprint density at radius 1 is 0.359 bits per heavy atom. The maximum absolute atomic E-state index is 14.0. The van der Waals surface area contributed by atoms with Crippen LogP contribution in [0.1, 0.15) is 88.8 Å². The maximum Gasteiger partial charge on any atom is 0.240 e. The zero-order valence-electron chi connectivity index (χ0n) is 38.5. The first-order valence-electron chi connectivity index (χ1n) is 22.0. The zero-order chi connectivity index (χ0) is 46.4. The number of carbonyl (C=O) groups is 4. The molecule has 0 aromatic heterocycles. The van der Waals surface area contributed by atoms with Crippen LogP contribution in [0.4, 0.5) is 0 Å². The molecule has 0 saturated carbocycles. The third-order valence-electron chi connectivity index (χ3n) is 12.1. The van der Waals surface area contributed by atoms with Crippen LogP contribution in [0.3, 0.4) is 0 Å². The highest BCUT2D eigenvalue weighted by Crippen LogP contribution is 2.41. The van der Waals surface area contributed by atoms with Crippen LogP contribution in [0.5, 0.6) is 0 Å². The second-order valence-corrected chi connectivity index (χ2v) is 18.4. The fraction of sp³-hybridized carbons (Fsp3) is 0.286. The second-order valence-electron chi connectivity index (χ2n) is 18.4. The number of hydrogen-bond donors (Lipinski definition) is 4. The SMILES string of the molecule is C[C@H](NC(=O)CNC(=O)C(c1ccccc1)(c1ccccc1)c1ccccc1)C(C)(C)C.C[C@H](NC(=O)CNC(=O)C(c1ccccc1)(c1ccccc1)c1ccccc1)C(C)(C)C. The zero-order valence-corrected chi connectivity index (χ0v) is 38.5. The van der Waals surface area contributed by atoms with Crippen molar-refractivity contribution in [3.63, 3.8) is 0 Å². The molecule has 64 heavy (non-hydrogen) atoms. The summed E-state index contributed by atoms with van der Waals surface area (Å²) in [6.45, 7) is 16.2. The van der Waals surface area contributed by atoms with E-state index in [1.807, 2.05) is 196 Å². The van der Waals surface area contributed by atoms with Crippen molar-refractivity contribution in [3.05, 3.63) is 215 Å². The molecule has 6 aromatic carbocycles. The van der Waals surface area contributed by atoms with E-state index in [0.717, 1.165) is 33.4 Å². The Morgan fingerprint density at radius 3 is 0.719 bits per heavy atom. The minimum atomic E-state index is -1.08. The van der Waals surface area contributed by atoms with E-state index in [-0.39, 0.29) is 59.6 Å². The van der Waals surface area contributed by atoms with Gasteiger partial charge in [-0.1, -0.05) is 224 Å². The van der Waals surface area contributed by atoms with E-state index in [4.69, 9.17) is 0 Å². The molecule has 332 valence electrons. The Labute approximate surface area is 380 Å². The third kappa shape index (κ3) is 11.4. The fourth-order valence-electron chi connectivity index (χ4n) is 7.52. The molecular weight excluding hydrogens is 793 g/mol. The summed E-state index contributed by atoms with van der Waals surface area (Å²) in [5.41, 5.74) is 2.77. The summed E-state index contributed by atoms with van der Waals surface area (Å²) in [6.07, 6.45) is 0. The first-order valence-corrected chi connectivity index (χ1v) is 22.0. The Kier molecular flexibility index (Phi) is 16.2. The van der Waals surface area contributed by atoms with E-state index in [9.17, 15) is 19.2 Å². The first kappa shape index (κ1) is 48.2. The Hall–Kier alpha value is -6.80. The lowest BCUT2D eigenvalue weighted by Gasteiger charge is -2.34. The monoisotopic (exact) mass is 856 g/mol. The van der Waals surface area contributed by atoms with Crippen LogP contribution in [-0.2, 0) is 30.0 Å². The summed E-state index contributed by atoms with van der Waals surface area (Å²) in [4.78, 5) is 53.2. The van der Waals surface area contributed by atoms with Crippen LogP contribution >= 0.6 is 0 Å². The van der Waals surface area contributed by atoms with Gasteiger partial charge in [0.1, 0.15) is 10.8 Å². The van der Waals surface area contributed by atoms with Gasteiger partial charge in [-0.2, -0.15) is 0 Å². The van der Waals surface area contributed by atoms with Crippen LogP contribution in [0.15, 0.2) is 182 Å². The molecule has 6 aromatic rings. The number of benzene rings is 6. The van der Waals surface area contributed by atoms with Crippen molar-refractivity contribution in [1.82, 2.24) is 21.3 Å². The summed E-state index contributed by atoms with van der Waals surface area (Å²) in [6, 6.07) is 58.3. The van der Waals surface area contributed by atoms with Gasteiger partial charge in [-0.25, -0.2) is 0 Å². The molecule has 0 radical (unpaired) electrons. The molecule has 8 heteroatoms. The molecule has 0 unspecified atom stereocenters. The molecule has 0 saturated heterocycles. The van der Waals surface area contributed by atoms with Crippen molar-refractivity contribution in [2.75, 3.05) is 13.1 Å². The van der Waals surface area contributed by atoms with E-state index < -0.39 is 10.8 Å². The van der Waals surface area contributed by atoms with Crippen molar-refractivity contribution < 1.29 is 19.2 Å². The summed E-state index contributed by atoms with van der Waals surface area (Å²) < 4.78 is 0. The van der Waals surface area contributed by atoms with E-state index >= 15 is 0 Å². The van der Waals surface area contributed by atoms with Crippen LogP contribution < -0.4 is 21.3 Å². The van der Waals surface area contributed by atoms with Crippen molar-refractivity contribution in [2.24, 2.45) is 10.8 Å². The molecule has 0 bridgehead atoms. The molecule has 8 nitrogen and oxygen atoms in total. The van der Waals surface area contributed by atoms with Crippen LogP contribution in [0.25, 0.3) is 0 Å². The molecule has 0 aliphatic carbocycles. The van der Waals surface area contributed by atoms with Gasteiger partial charge < -0.3 is 21.3 Å². The number of carbonyl (C=O) groups excluding carboxylic acids is 4. The molecule has 2 atom stereocenters. The summed E-state index contributed by atoms with van der Waals surface area (Å²) >= 11 is 0. The standard InChI is InChI=1S/2C28H32N2O2/c2*1-21(27(2,3)4)30-25(31)20-29-26(32)28(22-14-8-5-9-15-22,23-16-10-6-11-17-23)24-18-12-7-13-19-24/h2*5-19,21H,20H2,1-4H3,(H,29,32)(H,30,31)/t2*21-/m00/s1. The second kappa shape index (κ2) is 21.5. The average Bonchev–Trinajstić information content (AvgIpc) is 3.30. The van der Waals surface area contributed by atoms with Gasteiger partial charge in [0.15, 0.2) is 0 Å². The minimum absolute atomic E-state index is 0.0194. The smallest absolute Gasteiger partial charge is 0.240 e. The molecule has 0 aliphatic heterocycles. The predicted octanol–water partition coefficient (Wildman–Crippen LogP) is 9.38. The summed E-state index contributed by atoms with van der Waals surface area (Å²) in [5.74, 6) is -0.882. The van der Waals surface area contributed by atoms with Crippen molar-refractivity contribution in [1.29, 1.82) is 0 Å². The first-order chi connectivity index (χ1) is 30.5. The van der Waals surface area contributed by atoms with Gasteiger partial charge in [-0.05, 0) is 58.1 Å². The number of nitrogens with one attached hydrogen (secondary N) is 4. The summed E-state index contributed by atoms with van der Waals surface area (Å²) in [7, 11) is 0. The highest BCUT2D eigenvalue weighted by atomic mass is 16.2. The lowest BCUT2D eigenvalue weighted by molar-refractivity contribution is -0.128. The Morgan fingerprint density at radius 2 is 0.547 bits per heavy atom. The fourth-order valence-corrected chi connectivity index (χ4v) is 7.52. The molecule has 0 spiro atoms. The van der Waals surface area contributed by atoms with Crippen LogP contribution in [0.2, 0.25) is 0 Å². The van der Waals surface area contributed by atoms with Crippen LogP contribution in [0, 0.1) is 10.8 Å². The third-order valence-corrected chi connectivity index (χ3v) is 12.1. The molecule has 0 fully saturated rings. The quantitative estimate of drug-likeness (QED) is 0.0818. The Bertz CT molecular complexity index is 2030. The van der Waals surface area contributed by atoms with E-state index in [1.165, 1.54) is 0 Å².